The zero-order chi connectivity index (χ0) is 15.2. The third kappa shape index (κ3) is 4.68. The average Bonchev–Trinajstić information content (AvgIpc) is 2.48. The lowest BCUT2D eigenvalue weighted by Crippen LogP contribution is -2.49. The Hall–Kier alpha value is -1.66. The van der Waals surface area contributed by atoms with Crippen LogP contribution in [0.25, 0.3) is 0 Å². The first-order valence-electron chi connectivity index (χ1n) is 7.32. The molecular formula is C15H23FN4O. The normalized spacial score (nSPS) is 17.6. The van der Waals surface area contributed by atoms with Gasteiger partial charge in [0.2, 0.25) is 5.91 Å². The third-order valence-corrected chi connectivity index (χ3v) is 3.70. The van der Waals surface area contributed by atoms with Crippen molar-refractivity contribution in [1.82, 2.24) is 10.2 Å². The molecule has 1 unspecified atom stereocenters. The van der Waals surface area contributed by atoms with Gasteiger partial charge in [-0.15, -0.1) is 0 Å². The molecule has 1 aliphatic heterocycles. The fourth-order valence-electron chi connectivity index (χ4n) is 2.38. The summed E-state index contributed by atoms with van der Waals surface area (Å²) in [5.74, 6) is -0.317. The van der Waals surface area contributed by atoms with Gasteiger partial charge in [-0.1, -0.05) is 0 Å². The van der Waals surface area contributed by atoms with E-state index in [2.05, 4.69) is 15.1 Å². The number of anilines is 1. The second-order valence-electron chi connectivity index (χ2n) is 5.38. The van der Waals surface area contributed by atoms with Gasteiger partial charge in [-0.05, 0) is 31.2 Å². The Bertz CT molecular complexity index is 455. The molecule has 1 aromatic carbocycles. The summed E-state index contributed by atoms with van der Waals surface area (Å²) in [6, 6.07) is 6.15. The van der Waals surface area contributed by atoms with E-state index in [0.29, 0.717) is 6.54 Å². The zero-order valence-corrected chi connectivity index (χ0v) is 12.4. The summed E-state index contributed by atoms with van der Waals surface area (Å²) in [6.07, 6.45) is 0. The van der Waals surface area contributed by atoms with E-state index in [1.54, 1.807) is 6.92 Å². The summed E-state index contributed by atoms with van der Waals surface area (Å²) < 4.78 is 12.9. The Morgan fingerprint density at radius 2 is 1.90 bits per heavy atom. The molecule has 1 fully saturated rings. The van der Waals surface area contributed by atoms with Gasteiger partial charge in [0.05, 0.1) is 6.04 Å². The molecule has 21 heavy (non-hydrogen) atoms. The molecule has 2 rings (SSSR count). The Balaban J connectivity index is 1.71. The second kappa shape index (κ2) is 7.38. The smallest absolute Gasteiger partial charge is 0.236 e. The van der Waals surface area contributed by atoms with E-state index in [1.807, 2.05) is 12.1 Å². The van der Waals surface area contributed by atoms with E-state index in [1.165, 1.54) is 12.1 Å². The number of piperazine rings is 1. The number of nitrogens with two attached hydrogens (primary N) is 1. The van der Waals surface area contributed by atoms with E-state index in [-0.39, 0.29) is 11.7 Å². The lowest BCUT2D eigenvalue weighted by atomic mass is 10.2. The van der Waals surface area contributed by atoms with Crippen LogP contribution in [0.2, 0.25) is 0 Å². The fourth-order valence-corrected chi connectivity index (χ4v) is 2.38. The molecule has 0 radical (unpaired) electrons. The molecule has 3 N–H and O–H groups in total. The van der Waals surface area contributed by atoms with Crippen LogP contribution in [0.4, 0.5) is 10.1 Å². The zero-order valence-electron chi connectivity index (χ0n) is 12.4. The van der Waals surface area contributed by atoms with Crippen LogP contribution in [0.1, 0.15) is 6.92 Å². The highest BCUT2D eigenvalue weighted by atomic mass is 19.1. The highest BCUT2D eigenvalue weighted by molar-refractivity contribution is 5.80. The lowest BCUT2D eigenvalue weighted by Gasteiger charge is -2.36. The number of carbonyl (C=O) groups is 1. The molecule has 5 nitrogen and oxygen atoms in total. The summed E-state index contributed by atoms with van der Waals surface area (Å²) in [5.41, 5.74) is 6.55. The lowest BCUT2D eigenvalue weighted by molar-refractivity contribution is -0.122. The van der Waals surface area contributed by atoms with Crippen molar-refractivity contribution in [3.8, 4) is 0 Å². The fraction of sp³-hybridized carbons (Fsp3) is 0.533. The van der Waals surface area contributed by atoms with Crippen LogP contribution in [0.15, 0.2) is 24.3 Å². The molecular weight excluding hydrogens is 271 g/mol. The summed E-state index contributed by atoms with van der Waals surface area (Å²) >= 11 is 0. The van der Waals surface area contributed by atoms with Gasteiger partial charge in [-0.2, -0.15) is 0 Å². The maximum atomic E-state index is 12.9. The van der Waals surface area contributed by atoms with Crippen molar-refractivity contribution >= 4 is 11.6 Å². The number of nitrogens with zero attached hydrogens (tertiary/aromatic N) is 2. The third-order valence-electron chi connectivity index (χ3n) is 3.70. The highest BCUT2D eigenvalue weighted by Gasteiger charge is 2.17. The Kier molecular flexibility index (Phi) is 5.52. The monoisotopic (exact) mass is 294 g/mol. The Morgan fingerprint density at radius 3 is 2.48 bits per heavy atom. The molecule has 1 amide bonds. The van der Waals surface area contributed by atoms with Gasteiger partial charge in [0.25, 0.3) is 0 Å². The summed E-state index contributed by atoms with van der Waals surface area (Å²) in [5, 5.41) is 2.82. The number of hydrogen-bond acceptors (Lipinski definition) is 4. The van der Waals surface area contributed by atoms with Crippen molar-refractivity contribution in [3.05, 3.63) is 30.1 Å². The minimum absolute atomic E-state index is 0.111. The van der Waals surface area contributed by atoms with Crippen LogP contribution in [0.5, 0.6) is 0 Å². The van der Waals surface area contributed by atoms with Crippen molar-refractivity contribution in [3.63, 3.8) is 0 Å². The van der Waals surface area contributed by atoms with Crippen LogP contribution >= 0.6 is 0 Å². The van der Waals surface area contributed by atoms with E-state index in [4.69, 9.17) is 5.73 Å². The molecule has 1 atom stereocenters. The summed E-state index contributed by atoms with van der Waals surface area (Å²) in [6.45, 7) is 6.82. The predicted octanol–water partition coefficient (Wildman–Crippen LogP) is 0.411. The Labute approximate surface area is 124 Å². The van der Waals surface area contributed by atoms with Crippen molar-refractivity contribution in [2.24, 2.45) is 5.73 Å². The number of nitrogens with one attached hydrogen (secondary N) is 1. The number of carbonyl (C=O) groups excluding carboxylic acids is 1. The van der Waals surface area contributed by atoms with E-state index in [9.17, 15) is 9.18 Å². The number of rotatable bonds is 5. The molecule has 1 saturated heterocycles. The van der Waals surface area contributed by atoms with Crippen LogP contribution in [0.3, 0.4) is 0 Å². The summed E-state index contributed by atoms with van der Waals surface area (Å²) in [7, 11) is 0. The van der Waals surface area contributed by atoms with Gasteiger partial charge < -0.3 is 16.0 Å². The molecule has 0 aromatic heterocycles. The molecule has 0 spiro atoms. The Morgan fingerprint density at radius 1 is 1.29 bits per heavy atom. The molecule has 1 aliphatic rings. The van der Waals surface area contributed by atoms with Crippen LogP contribution in [-0.4, -0.2) is 56.1 Å². The summed E-state index contributed by atoms with van der Waals surface area (Å²) in [4.78, 5) is 15.9. The van der Waals surface area contributed by atoms with Crippen LogP contribution in [0, 0.1) is 5.82 Å². The van der Waals surface area contributed by atoms with Gasteiger partial charge >= 0.3 is 0 Å². The van der Waals surface area contributed by atoms with Crippen molar-refractivity contribution in [2.75, 3.05) is 44.2 Å². The van der Waals surface area contributed by atoms with Gasteiger partial charge in [-0.25, -0.2) is 4.39 Å². The molecule has 6 heteroatoms. The molecule has 0 saturated carbocycles. The second-order valence-corrected chi connectivity index (χ2v) is 5.38. The average molecular weight is 294 g/mol. The van der Waals surface area contributed by atoms with E-state index >= 15 is 0 Å². The van der Waals surface area contributed by atoms with Gasteiger partial charge in [0, 0.05) is 45.0 Å². The minimum Gasteiger partial charge on any atom is -0.369 e. The quantitative estimate of drug-likeness (QED) is 0.826. The topological polar surface area (TPSA) is 61.6 Å². The number of hydrogen-bond donors (Lipinski definition) is 2. The van der Waals surface area contributed by atoms with Gasteiger partial charge in [0.1, 0.15) is 5.82 Å². The van der Waals surface area contributed by atoms with Crippen LogP contribution < -0.4 is 16.0 Å². The van der Waals surface area contributed by atoms with E-state index in [0.717, 1.165) is 38.4 Å². The number of benzene rings is 1. The molecule has 1 heterocycles. The van der Waals surface area contributed by atoms with Crippen LogP contribution in [-0.2, 0) is 4.79 Å². The molecule has 0 bridgehead atoms. The van der Waals surface area contributed by atoms with Crippen molar-refractivity contribution < 1.29 is 9.18 Å². The molecule has 116 valence electrons. The SMILES string of the molecule is CC(N)C(=O)NCCN1CCN(c2ccc(F)cc2)CC1. The maximum absolute atomic E-state index is 12.9. The van der Waals surface area contributed by atoms with E-state index < -0.39 is 6.04 Å². The first-order valence-corrected chi connectivity index (χ1v) is 7.32. The number of halogens is 1. The first-order chi connectivity index (χ1) is 10.1. The number of amides is 1. The predicted molar refractivity (Wildman–Crippen MR) is 81.7 cm³/mol. The minimum atomic E-state index is -0.458. The van der Waals surface area contributed by atoms with Gasteiger partial charge in [0.15, 0.2) is 0 Å². The largest absolute Gasteiger partial charge is 0.369 e. The van der Waals surface area contributed by atoms with Crippen molar-refractivity contribution in [2.45, 2.75) is 13.0 Å². The van der Waals surface area contributed by atoms with Crippen molar-refractivity contribution in [1.29, 1.82) is 0 Å². The first kappa shape index (κ1) is 15.7. The van der Waals surface area contributed by atoms with Gasteiger partial charge in [-0.3, -0.25) is 9.69 Å². The standard InChI is InChI=1S/C15H23FN4O/c1-12(17)15(21)18-6-7-19-8-10-20(11-9-19)14-4-2-13(16)3-5-14/h2-5,12H,6-11,17H2,1H3,(H,18,21). The molecule has 1 aromatic rings. The maximum Gasteiger partial charge on any atom is 0.236 e. The molecule has 0 aliphatic carbocycles. The highest BCUT2D eigenvalue weighted by Crippen LogP contribution is 2.16.